The summed E-state index contributed by atoms with van der Waals surface area (Å²) < 4.78 is 0. The molecule has 2 rings (SSSR count). The molecule has 0 heterocycles. The van der Waals surface area contributed by atoms with Crippen molar-refractivity contribution < 1.29 is 0 Å². The van der Waals surface area contributed by atoms with Crippen LogP contribution in [-0.4, -0.2) is 18.6 Å². The smallest absolute Gasteiger partial charge is 0.0304 e. The van der Waals surface area contributed by atoms with Crippen molar-refractivity contribution in [2.45, 2.75) is 70.8 Å². The molecule has 0 amide bonds. The van der Waals surface area contributed by atoms with Gasteiger partial charge < -0.3 is 11.1 Å². The molecule has 2 unspecified atom stereocenters. The van der Waals surface area contributed by atoms with Crippen LogP contribution in [0.3, 0.4) is 0 Å². The third-order valence-corrected chi connectivity index (χ3v) is 5.31. The quantitative estimate of drug-likeness (QED) is 0.712. The molecule has 2 heteroatoms. The highest BCUT2D eigenvalue weighted by Crippen LogP contribution is 2.35. The molecule has 2 atom stereocenters. The Hall–Kier alpha value is -0.0800. The first-order valence-corrected chi connectivity index (χ1v) is 8.10. The van der Waals surface area contributed by atoms with Crippen molar-refractivity contribution in [1.82, 2.24) is 5.32 Å². The number of hydrogen-bond donors (Lipinski definition) is 2. The summed E-state index contributed by atoms with van der Waals surface area (Å²) in [4.78, 5) is 0. The number of nitrogens with one attached hydrogen (secondary N) is 1. The first-order chi connectivity index (χ1) is 8.65. The minimum Gasteiger partial charge on any atom is -0.329 e. The largest absolute Gasteiger partial charge is 0.329 e. The predicted molar refractivity (Wildman–Crippen MR) is 78.5 cm³/mol. The summed E-state index contributed by atoms with van der Waals surface area (Å²) in [7, 11) is 0. The Labute approximate surface area is 113 Å². The molecular weight excluding hydrogens is 220 g/mol. The van der Waals surface area contributed by atoms with E-state index < -0.39 is 0 Å². The van der Waals surface area contributed by atoms with Gasteiger partial charge in [-0.05, 0) is 50.0 Å². The second-order valence-electron chi connectivity index (χ2n) is 7.08. The molecule has 0 aliphatic heterocycles. The Balaban J connectivity index is 1.81. The van der Waals surface area contributed by atoms with E-state index in [1.165, 1.54) is 57.9 Å². The maximum atomic E-state index is 6.10. The molecule has 0 aromatic heterocycles. The van der Waals surface area contributed by atoms with Crippen LogP contribution in [0.25, 0.3) is 0 Å². The zero-order valence-electron chi connectivity index (χ0n) is 12.4. The summed E-state index contributed by atoms with van der Waals surface area (Å²) in [5, 5.41) is 3.83. The van der Waals surface area contributed by atoms with Crippen LogP contribution in [0.15, 0.2) is 0 Å². The minimum absolute atomic E-state index is 0.262. The number of nitrogens with two attached hydrogens (primary N) is 1. The van der Waals surface area contributed by atoms with E-state index in [0.717, 1.165) is 24.3 Å². The summed E-state index contributed by atoms with van der Waals surface area (Å²) in [6.07, 6.45) is 11.0. The fourth-order valence-electron chi connectivity index (χ4n) is 3.50. The Morgan fingerprint density at radius 2 is 1.94 bits per heavy atom. The van der Waals surface area contributed by atoms with Crippen LogP contribution in [0.1, 0.15) is 65.2 Å². The van der Waals surface area contributed by atoms with E-state index in [9.17, 15) is 0 Å². The van der Waals surface area contributed by atoms with E-state index in [4.69, 9.17) is 5.73 Å². The van der Waals surface area contributed by atoms with Gasteiger partial charge in [-0.15, -0.1) is 0 Å². The van der Waals surface area contributed by atoms with Crippen LogP contribution in [0, 0.1) is 17.8 Å². The summed E-state index contributed by atoms with van der Waals surface area (Å²) in [5.41, 5.74) is 6.36. The number of rotatable bonds is 6. The van der Waals surface area contributed by atoms with Crippen molar-refractivity contribution in [3.8, 4) is 0 Å². The van der Waals surface area contributed by atoms with E-state index in [0.29, 0.717) is 0 Å². The lowest BCUT2D eigenvalue weighted by Gasteiger charge is -2.33. The maximum Gasteiger partial charge on any atom is 0.0304 e. The molecule has 3 N–H and O–H groups in total. The molecule has 0 aromatic carbocycles. The molecule has 0 spiro atoms. The van der Waals surface area contributed by atoms with Gasteiger partial charge in [-0.2, -0.15) is 0 Å². The van der Waals surface area contributed by atoms with Crippen LogP contribution in [0.4, 0.5) is 0 Å². The molecule has 2 aliphatic rings. The van der Waals surface area contributed by atoms with Gasteiger partial charge in [-0.3, -0.25) is 0 Å². The zero-order chi connectivity index (χ0) is 13.0. The summed E-state index contributed by atoms with van der Waals surface area (Å²) in [6, 6.07) is 0. The van der Waals surface area contributed by atoms with Gasteiger partial charge in [0.05, 0.1) is 0 Å². The molecule has 0 saturated heterocycles. The summed E-state index contributed by atoms with van der Waals surface area (Å²) in [6.45, 7) is 6.76. The van der Waals surface area contributed by atoms with E-state index in [1.54, 1.807) is 0 Å². The zero-order valence-corrected chi connectivity index (χ0v) is 12.4. The minimum atomic E-state index is 0.262. The summed E-state index contributed by atoms with van der Waals surface area (Å²) in [5.74, 6) is 2.79. The highest BCUT2D eigenvalue weighted by atomic mass is 15.0. The monoisotopic (exact) mass is 252 g/mol. The maximum absolute atomic E-state index is 6.10. The molecule has 2 fully saturated rings. The molecule has 0 radical (unpaired) electrons. The van der Waals surface area contributed by atoms with Crippen molar-refractivity contribution >= 4 is 0 Å². The fourth-order valence-corrected chi connectivity index (χ4v) is 3.50. The van der Waals surface area contributed by atoms with Crippen molar-refractivity contribution in [1.29, 1.82) is 0 Å². The van der Waals surface area contributed by atoms with Crippen LogP contribution < -0.4 is 11.1 Å². The van der Waals surface area contributed by atoms with E-state index in [1.807, 2.05) is 0 Å². The molecule has 106 valence electrons. The second kappa shape index (κ2) is 6.38. The van der Waals surface area contributed by atoms with Crippen LogP contribution in [0.5, 0.6) is 0 Å². The predicted octanol–water partition coefficient (Wildman–Crippen LogP) is 3.31. The van der Waals surface area contributed by atoms with Crippen molar-refractivity contribution in [3.63, 3.8) is 0 Å². The Morgan fingerprint density at radius 1 is 1.17 bits per heavy atom. The van der Waals surface area contributed by atoms with Gasteiger partial charge in [0.2, 0.25) is 0 Å². The highest BCUT2D eigenvalue weighted by molar-refractivity contribution is 4.92. The fraction of sp³-hybridized carbons (Fsp3) is 1.00. The van der Waals surface area contributed by atoms with Gasteiger partial charge in [0.1, 0.15) is 0 Å². The van der Waals surface area contributed by atoms with Crippen LogP contribution in [0.2, 0.25) is 0 Å². The van der Waals surface area contributed by atoms with Crippen LogP contribution in [-0.2, 0) is 0 Å². The molecule has 18 heavy (non-hydrogen) atoms. The SMILES string of the molecule is CC(C)C1CCCC(CN)(NCCC2CC2)CC1. The van der Waals surface area contributed by atoms with Gasteiger partial charge in [-0.1, -0.05) is 39.5 Å². The Bertz CT molecular complexity index is 247. The molecule has 2 saturated carbocycles. The second-order valence-corrected chi connectivity index (χ2v) is 7.08. The molecule has 0 bridgehead atoms. The standard InChI is InChI=1S/C16H32N2/c1-13(2)15-4-3-9-16(12-17,10-7-15)18-11-8-14-5-6-14/h13-15,18H,3-12,17H2,1-2H3. The third kappa shape index (κ3) is 3.96. The van der Waals surface area contributed by atoms with Crippen molar-refractivity contribution in [3.05, 3.63) is 0 Å². The normalized spacial score (nSPS) is 33.7. The van der Waals surface area contributed by atoms with Crippen molar-refractivity contribution in [2.75, 3.05) is 13.1 Å². The molecule has 0 aromatic rings. The lowest BCUT2D eigenvalue weighted by Crippen LogP contribution is -2.51. The average Bonchev–Trinajstić information content (AvgIpc) is 3.16. The van der Waals surface area contributed by atoms with Crippen LogP contribution >= 0.6 is 0 Å². The first kappa shape index (κ1) is 14.3. The van der Waals surface area contributed by atoms with Gasteiger partial charge >= 0.3 is 0 Å². The molecule has 2 nitrogen and oxygen atoms in total. The topological polar surface area (TPSA) is 38.0 Å². The van der Waals surface area contributed by atoms with Gasteiger partial charge in [0, 0.05) is 12.1 Å². The van der Waals surface area contributed by atoms with Gasteiger partial charge in [-0.25, -0.2) is 0 Å². The van der Waals surface area contributed by atoms with E-state index >= 15 is 0 Å². The Kier molecular flexibility index (Phi) is 5.08. The first-order valence-electron chi connectivity index (χ1n) is 8.10. The Morgan fingerprint density at radius 3 is 2.56 bits per heavy atom. The highest BCUT2D eigenvalue weighted by Gasteiger charge is 2.32. The molecule has 2 aliphatic carbocycles. The van der Waals surface area contributed by atoms with Gasteiger partial charge in [0.15, 0.2) is 0 Å². The lowest BCUT2D eigenvalue weighted by atomic mass is 9.86. The van der Waals surface area contributed by atoms with Gasteiger partial charge in [0.25, 0.3) is 0 Å². The molecular formula is C16H32N2. The third-order valence-electron chi connectivity index (χ3n) is 5.31. The van der Waals surface area contributed by atoms with Crippen molar-refractivity contribution in [2.24, 2.45) is 23.5 Å². The van der Waals surface area contributed by atoms with E-state index in [-0.39, 0.29) is 5.54 Å². The average molecular weight is 252 g/mol. The van der Waals surface area contributed by atoms with E-state index in [2.05, 4.69) is 19.2 Å². The summed E-state index contributed by atoms with van der Waals surface area (Å²) >= 11 is 0. The number of hydrogen-bond acceptors (Lipinski definition) is 2. The lowest BCUT2D eigenvalue weighted by molar-refractivity contribution is 0.276.